The Bertz CT molecular complexity index is 908. The van der Waals surface area contributed by atoms with Gasteiger partial charge in [-0.25, -0.2) is 0 Å². The van der Waals surface area contributed by atoms with Gasteiger partial charge in [0.15, 0.2) is 5.69 Å². The molecule has 0 aliphatic carbocycles. The minimum atomic E-state index is 0.412. The largest absolute Gasteiger partial charge is 0.366 e. The topological polar surface area (TPSA) is 56.1 Å². The summed E-state index contributed by atoms with van der Waals surface area (Å²) in [4.78, 5) is 4.73. The average Bonchev–Trinajstić information content (AvgIpc) is 2.68. The van der Waals surface area contributed by atoms with E-state index in [4.69, 9.17) is 0 Å². The first kappa shape index (κ1) is 15.6. The van der Waals surface area contributed by atoms with E-state index in [1.54, 1.807) is 0 Å². The van der Waals surface area contributed by atoms with E-state index in [1.807, 2.05) is 30.3 Å². The number of hydrogen-bond donors (Lipinski definition) is 0. The van der Waals surface area contributed by atoms with Crippen LogP contribution in [0.3, 0.4) is 0 Å². The summed E-state index contributed by atoms with van der Waals surface area (Å²) < 4.78 is 0. The molecule has 1 fully saturated rings. The fourth-order valence-corrected chi connectivity index (χ4v) is 3.41. The summed E-state index contributed by atoms with van der Waals surface area (Å²) in [6.07, 6.45) is 0. The van der Waals surface area contributed by atoms with Crippen LogP contribution in [0.5, 0.6) is 0 Å². The minimum absolute atomic E-state index is 0.412. The molecule has 0 atom stereocenters. The van der Waals surface area contributed by atoms with Crippen molar-refractivity contribution in [3.8, 4) is 6.07 Å². The standard InChI is InChI=1S/C20H19N5/c21-14-19-20(17-8-4-5-9-18(17)22-23-19)25-12-10-24(11-13-25)15-16-6-2-1-3-7-16/h1-9H,10-13,15H2. The summed E-state index contributed by atoms with van der Waals surface area (Å²) in [5.41, 5.74) is 3.51. The number of nitriles is 1. The molecule has 0 radical (unpaired) electrons. The normalized spacial score (nSPS) is 15.2. The number of rotatable bonds is 3. The molecule has 2 heterocycles. The highest BCUT2D eigenvalue weighted by Crippen LogP contribution is 2.28. The molecule has 124 valence electrons. The maximum Gasteiger partial charge on any atom is 0.187 e. The van der Waals surface area contributed by atoms with Crippen LogP contribution in [0.2, 0.25) is 0 Å². The highest BCUT2D eigenvalue weighted by Gasteiger charge is 2.22. The van der Waals surface area contributed by atoms with E-state index in [0.29, 0.717) is 5.69 Å². The van der Waals surface area contributed by atoms with Crippen molar-refractivity contribution in [1.82, 2.24) is 15.1 Å². The van der Waals surface area contributed by atoms with Gasteiger partial charge < -0.3 is 4.90 Å². The van der Waals surface area contributed by atoms with Crippen molar-refractivity contribution in [1.29, 1.82) is 5.26 Å². The molecule has 25 heavy (non-hydrogen) atoms. The highest BCUT2D eigenvalue weighted by molar-refractivity contribution is 5.93. The Morgan fingerprint density at radius 1 is 0.880 bits per heavy atom. The molecule has 2 aromatic carbocycles. The van der Waals surface area contributed by atoms with Crippen LogP contribution >= 0.6 is 0 Å². The predicted octanol–water partition coefficient (Wildman–Crippen LogP) is 2.82. The van der Waals surface area contributed by atoms with Gasteiger partial charge in [0.05, 0.1) is 11.2 Å². The SMILES string of the molecule is N#Cc1nnc2ccccc2c1N1CCN(Cc2ccccc2)CC1. The predicted molar refractivity (Wildman–Crippen MR) is 98.2 cm³/mol. The average molecular weight is 329 g/mol. The van der Waals surface area contributed by atoms with Crippen molar-refractivity contribution in [2.24, 2.45) is 0 Å². The van der Waals surface area contributed by atoms with Gasteiger partial charge in [-0.05, 0) is 11.6 Å². The first-order valence-corrected chi connectivity index (χ1v) is 8.52. The molecular formula is C20H19N5. The summed E-state index contributed by atoms with van der Waals surface area (Å²) in [7, 11) is 0. The Morgan fingerprint density at radius 3 is 2.36 bits per heavy atom. The number of benzene rings is 2. The second-order valence-electron chi connectivity index (χ2n) is 6.27. The maximum absolute atomic E-state index is 9.47. The van der Waals surface area contributed by atoms with E-state index in [0.717, 1.165) is 49.3 Å². The van der Waals surface area contributed by atoms with Crippen molar-refractivity contribution in [2.75, 3.05) is 31.1 Å². The van der Waals surface area contributed by atoms with Gasteiger partial charge in [0.2, 0.25) is 0 Å². The Labute approximate surface area is 147 Å². The second kappa shape index (κ2) is 6.88. The molecule has 5 nitrogen and oxygen atoms in total. The van der Waals surface area contributed by atoms with Gasteiger partial charge in [0.25, 0.3) is 0 Å². The molecule has 1 aliphatic rings. The van der Waals surface area contributed by atoms with Gasteiger partial charge in [0.1, 0.15) is 6.07 Å². The van der Waals surface area contributed by atoms with Crippen LogP contribution in [-0.2, 0) is 6.54 Å². The third-order valence-corrected chi connectivity index (χ3v) is 4.68. The van der Waals surface area contributed by atoms with Gasteiger partial charge in [-0.15, -0.1) is 10.2 Å². The molecule has 0 bridgehead atoms. The summed E-state index contributed by atoms with van der Waals surface area (Å²) in [5.74, 6) is 0. The van der Waals surface area contributed by atoms with Crippen molar-refractivity contribution in [3.63, 3.8) is 0 Å². The van der Waals surface area contributed by atoms with Gasteiger partial charge in [-0.2, -0.15) is 5.26 Å². The number of nitrogens with zero attached hydrogens (tertiary/aromatic N) is 5. The van der Waals surface area contributed by atoms with Gasteiger partial charge >= 0.3 is 0 Å². The molecule has 1 aromatic heterocycles. The van der Waals surface area contributed by atoms with Crippen LogP contribution in [0.1, 0.15) is 11.3 Å². The fourth-order valence-electron chi connectivity index (χ4n) is 3.41. The van der Waals surface area contributed by atoms with Crippen LogP contribution in [0.4, 0.5) is 5.69 Å². The highest BCUT2D eigenvalue weighted by atomic mass is 15.3. The summed E-state index contributed by atoms with van der Waals surface area (Å²) in [6, 6.07) is 20.7. The lowest BCUT2D eigenvalue weighted by atomic mass is 10.1. The van der Waals surface area contributed by atoms with E-state index in [2.05, 4.69) is 50.3 Å². The van der Waals surface area contributed by atoms with E-state index in [1.165, 1.54) is 5.56 Å². The van der Waals surface area contributed by atoms with E-state index < -0.39 is 0 Å². The van der Waals surface area contributed by atoms with Gasteiger partial charge in [-0.1, -0.05) is 48.5 Å². The van der Waals surface area contributed by atoms with Gasteiger partial charge in [-0.3, -0.25) is 4.90 Å². The van der Waals surface area contributed by atoms with Crippen LogP contribution in [0, 0.1) is 11.3 Å². The monoisotopic (exact) mass is 329 g/mol. The molecule has 0 unspecified atom stereocenters. The first-order chi connectivity index (χ1) is 12.3. The third kappa shape index (κ3) is 3.17. The Kier molecular flexibility index (Phi) is 4.28. The Hall–Kier alpha value is -2.97. The Balaban J connectivity index is 1.55. The summed E-state index contributed by atoms with van der Waals surface area (Å²) in [6.45, 7) is 4.68. The maximum atomic E-state index is 9.47. The zero-order valence-corrected chi connectivity index (χ0v) is 14.0. The van der Waals surface area contributed by atoms with E-state index >= 15 is 0 Å². The smallest absolute Gasteiger partial charge is 0.187 e. The summed E-state index contributed by atoms with van der Waals surface area (Å²) >= 11 is 0. The number of piperazine rings is 1. The lowest BCUT2D eigenvalue weighted by Crippen LogP contribution is -2.46. The summed E-state index contributed by atoms with van der Waals surface area (Å²) in [5, 5.41) is 18.8. The van der Waals surface area contributed by atoms with Crippen LogP contribution < -0.4 is 4.90 Å². The second-order valence-corrected chi connectivity index (χ2v) is 6.27. The minimum Gasteiger partial charge on any atom is -0.366 e. The lowest BCUT2D eigenvalue weighted by Gasteiger charge is -2.36. The molecule has 1 saturated heterocycles. The molecule has 5 heteroatoms. The van der Waals surface area contributed by atoms with Crippen LogP contribution in [0.25, 0.3) is 10.9 Å². The van der Waals surface area contributed by atoms with Crippen LogP contribution in [-0.4, -0.2) is 41.3 Å². The van der Waals surface area contributed by atoms with E-state index in [9.17, 15) is 5.26 Å². The zero-order valence-electron chi connectivity index (χ0n) is 14.0. The third-order valence-electron chi connectivity index (χ3n) is 4.68. The van der Waals surface area contributed by atoms with Crippen LogP contribution in [0.15, 0.2) is 54.6 Å². The van der Waals surface area contributed by atoms with E-state index in [-0.39, 0.29) is 0 Å². The van der Waals surface area contributed by atoms with Crippen molar-refractivity contribution < 1.29 is 0 Å². The molecule has 0 saturated carbocycles. The van der Waals surface area contributed by atoms with Crippen molar-refractivity contribution in [2.45, 2.75) is 6.54 Å². The first-order valence-electron chi connectivity index (χ1n) is 8.52. The molecule has 0 amide bonds. The molecule has 1 aliphatic heterocycles. The zero-order chi connectivity index (χ0) is 17.1. The van der Waals surface area contributed by atoms with Crippen molar-refractivity contribution >= 4 is 16.6 Å². The Morgan fingerprint density at radius 2 is 1.60 bits per heavy atom. The molecule has 3 aromatic rings. The molecular weight excluding hydrogens is 310 g/mol. The van der Waals surface area contributed by atoms with Crippen molar-refractivity contribution in [3.05, 3.63) is 65.9 Å². The number of fused-ring (bicyclic) bond motifs is 1. The number of aromatic nitrogens is 2. The molecule has 0 N–H and O–H groups in total. The number of hydrogen-bond acceptors (Lipinski definition) is 5. The van der Waals surface area contributed by atoms with Gasteiger partial charge in [0, 0.05) is 38.1 Å². The fraction of sp³-hybridized carbons (Fsp3) is 0.250. The lowest BCUT2D eigenvalue weighted by molar-refractivity contribution is 0.250. The molecule has 4 rings (SSSR count). The quantitative estimate of drug-likeness (QED) is 0.739. The number of anilines is 1. The molecule has 0 spiro atoms.